The maximum absolute atomic E-state index is 10.9. The van der Waals surface area contributed by atoms with E-state index in [4.69, 9.17) is 9.63 Å². The van der Waals surface area contributed by atoms with Gasteiger partial charge < -0.3 is 9.63 Å². The molecule has 0 saturated heterocycles. The highest BCUT2D eigenvalue weighted by molar-refractivity contribution is 5.89. The second-order valence-corrected chi connectivity index (χ2v) is 3.19. The van der Waals surface area contributed by atoms with Gasteiger partial charge in [-0.15, -0.1) is 0 Å². The minimum Gasteiger partial charge on any atom is -0.477 e. The molecule has 1 N–H and O–H groups in total. The molecular formula is C10H15NO3. The van der Waals surface area contributed by atoms with Crippen molar-refractivity contribution in [3.05, 3.63) is 17.0 Å². The first-order chi connectivity index (χ1) is 6.70. The molecule has 0 aliphatic heterocycles. The second kappa shape index (κ2) is 4.79. The van der Waals surface area contributed by atoms with Gasteiger partial charge in [0.2, 0.25) is 0 Å². The molecule has 4 nitrogen and oxygen atoms in total. The molecule has 0 amide bonds. The average Bonchev–Trinajstić information content (AvgIpc) is 2.57. The van der Waals surface area contributed by atoms with Crippen LogP contribution in [0.3, 0.4) is 0 Å². The first-order valence-electron chi connectivity index (χ1n) is 4.91. The molecule has 14 heavy (non-hydrogen) atoms. The van der Waals surface area contributed by atoms with Crippen molar-refractivity contribution >= 4 is 5.97 Å². The van der Waals surface area contributed by atoms with Crippen molar-refractivity contribution in [1.29, 1.82) is 0 Å². The highest BCUT2D eigenvalue weighted by Gasteiger charge is 2.20. The molecule has 0 bridgehead atoms. The van der Waals surface area contributed by atoms with Crippen molar-refractivity contribution in [3.8, 4) is 0 Å². The molecule has 4 heteroatoms. The highest BCUT2D eigenvalue weighted by atomic mass is 16.5. The van der Waals surface area contributed by atoms with Crippen molar-refractivity contribution in [3.63, 3.8) is 0 Å². The number of rotatable bonds is 5. The van der Waals surface area contributed by atoms with Gasteiger partial charge in [0, 0.05) is 6.42 Å². The number of aromatic carboxylic acids is 1. The maximum Gasteiger partial charge on any atom is 0.341 e. The topological polar surface area (TPSA) is 63.3 Å². The quantitative estimate of drug-likeness (QED) is 0.786. The lowest BCUT2D eigenvalue weighted by atomic mass is 10.1. The number of hydrogen-bond donors (Lipinski definition) is 1. The minimum atomic E-state index is -0.936. The van der Waals surface area contributed by atoms with E-state index < -0.39 is 5.97 Å². The fourth-order valence-corrected chi connectivity index (χ4v) is 1.36. The molecule has 0 fully saturated rings. The van der Waals surface area contributed by atoms with Crippen molar-refractivity contribution in [2.75, 3.05) is 0 Å². The number of carboxylic acids is 1. The third kappa shape index (κ3) is 2.13. The van der Waals surface area contributed by atoms with Crippen molar-refractivity contribution in [2.24, 2.45) is 0 Å². The Morgan fingerprint density at radius 2 is 2.21 bits per heavy atom. The second-order valence-electron chi connectivity index (χ2n) is 3.19. The molecule has 0 aliphatic rings. The molecule has 0 spiro atoms. The molecule has 1 rings (SSSR count). The van der Waals surface area contributed by atoms with Crippen LogP contribution in [0.4, 0.5) is 0 Å². The summed E-state index contributed by atoms with van der Waals surface area (Å²) >= 11 is 0. The van der Waals surface area contributed by atoms with Crippen LogP contribution in [0.5, 0.6) is 0 Å². The van der Waals surface area contributed by atoms with E-state index in [1.165, 1.54) is 0 Å². The van der Waals surface area contributed by atoms with Crippen LogP contribution in [-0.4, -0.2) is 16.2 Å². The largest absolute Gasteiger partial charge is 0.477 e. The van der Waals surface area contributed by atoms with E-state index in [1.807, 2.05) is 6.92 Å². The number of aromatic nitrogens is 1. The zero-order valence-corrected chi connectivity index (χ0v) is 8.54. The zero-order chi connectivity index (χ0) is 10.6. The van der Waals surface area contributed by atoms with Crippen LogP contribution in [0.25, 0.3) is 0 Å². The van der Waals surface area contributed by atoms with Gasteiger partial charge in [-0.25, -0.2) is 4.79 Å². The molecule has 0 unspecified atom stereocenters. The van der Waals surface area contributed by atoms with E-state index in [2.05, 4.69) is 12.1 Å². The fraction of sp³-hybridized carbons (Fsp3) is 0.600. The summed E-state index contributed by atoms with van der Waals surface area (Å²) in [5.74, 6) is -0.460. The van der Waals surface area contributed by atoms with Crippen LogP contribution in [0.2, 0.25) is 0 Å². The van der Waals surface area contributed by atoms with Gasteiger partial charge in [-0.2, -0.15) is 0 Å². The van der Waals surface area contributed by atoms with Crippen molar-refractivity contribution in [1.82, 2.24) is 5.16 Å². The smallest absolute Gasteiger partial charge is 0.341 e. The Bertz CT molecular complexity index is 317. The molecular weight excluding hydrogens is 182 g/mol. The van der Waals surface area contributed by atoms with Crippen LogP contribution in [0, 0.1) is 0 Å². The van der Waals surface area contributed by atoms with Crippen LogP contribution >= 0.6 is 0 Å². The lowest BCUT2D eigenvalue weighted by Gasteiger charge is -1.96. The molecule has 1 aromatic rings. The summed E-state index contributed by atoms with van der Waals surface area (Å²) in [6.45, 7) is 3.91. The molecule has 78 valence electrons. The molecule has 0 aromatic carbocycles. The van der Waals surface area contributed by atoms with E-state index in [-0.39, 0.29) is 5.56 Å². The van der Waals surface area contributed by atoms with E-state index in [0.29, 0.717) is 24.3 Å². The standard InChI is InChI=1S/C10H15NO3/c1-3-5-6-7-9(10(12)13)8(4-2)14-11-7/h3-6H2,1-2H3,(H,12,13). The lowest BCUT2D eigenvalue weighted by Crippen LogP contribution is -2.03. The van der Waals surface area contributed by atoms with Gasteiger partial charge in [-0.05, 0) is 12.8 Å². The first-order valence-corrected chi connectivity index (χ1v) is 4.91. The molecule has 1 heterocycles. The molecule has 1 aromatic heterocycles. The van der Waals surface area contributed by atoms with Crippen molar-refractivity contribution in [2.45, 2.75) is 39.5 Å². The number of carboxylic acid groups (broad SMARTS) is 1. The summed E-state index contributed by atoms with van der Waals surface area (Å²) in [7, 11) is 0. The van der Waals surface area contributed by atoms with E-state index in [0.717, 1.165) is 12.8 Å². The SMILES string of the molecule is CCCCc1noc(CC)c1C(=O)O. The maximum atomic E-state index is 10.9. The summed E-state index contributed by atoms with van der Waals surface area (Å²) in [5.41, 5.74) is 0.845. The van der Waals surface area contributed by atoms with Gasteiger partial charge >= 0.3 is 5.97 Å². The van der Waals surface area contributed by atoms with Gasteiger partial charge in [-0.3, -0.25) is 0 Å². The lowest BCUT2D eigenvalue weighted by molar-refractivity contribution is 0.0693. The molecule has 0 atom stereocenters. The Kier molecular flexibility index (Phi) is 3.68. The van der Waals surface area contributed by atoms with Gasteiger partial charge in [0.25, 0.3) is 0 Å². The number of unbranched alkanes of at least 4 members (excludes halogenated alkanes) is 1. The van der Waals surface area contributed by atoms with Crippen LogP contribution in [0.15, 0.2) is 4.52 Å². The molecule has 0 radical (unpaired) electrons. The summed E-state index contributed by atoms with van der Waals surface area (Å²) in [4.78, 5) is 10.9. The third-order valence-corrected chi connectivity index (χ3v) is 2.14. The number of hydrogen-bond acceptors (Lipinski definition) is 3. The third-order valence-electron chi connectivity index (χ3n) is 2.14. The predicted octanol–water partition coefficient (Wildman–Crippen LogP) is 2.28. The van der Waals surface area contributed by atoms with E-state index in [1.54, 1.807) is 0 Å². The normalized spacial score (nSPS) is 10.4. The van der Waals surface area contributed by atoms with Crippen LogP contribution < -0.4 is 0 Å². The molecule has 0 saturated carbocycles. The molecule has 0 aliphatic carbocycles. The summed E-state index contributed by atoms with van der Waals surface area (Å²) in [5, 5.41) is 12.8. The Morgan fingerprint density at radius 3 is 2.71 bits per heavy atom. The summed E-state index contributed by atoms with van der Waals surface area (Å²) in [6, 6.07) is 0. The Morgan fingerprint density at radius 1 is 1.50 bits per heavy atom. The van der Waals surface area contributed by atoms with Gasteiger partial charge in [0.05, 0.1) is 5.69 Å². The first kappa shape index (κ1) is 10.8. The predicted molar refractivity (Wildman–Crippen MR) is 51.5 cm³/mol. The van der Waals surface area contributed by atoms with Gasteiger partial charge in [0.1, 0.15) is 5.56 Å². The Balaban J connectivity index is 2.92. The number of nitrogens with zero attached hydrogens (tertiary/aromatic N) is 1. The van der Waals surface area contributed by atoms with Crippen molar-refractivity contribution < 1.29 is 14.4 Å². The number of aryl methyl sites for hydroxylation is 2. The van der Waals surface area contributed by atoms with Crippen LogP contribution in [0.1, 0.15) is 48.5 Å². The van der Waals surface area contributed by atoms with E-state index in [9.17, 15) is 4.79 Å². The van der Waals surface area contributed by atoms with Gasteiger partial charge in [-0.1, -0.05) is 25.4 Å². The van der Waals surface area contributed by atoms with Gasteiger partial charge in [0.15, 0.2) is 5.76 Å². The van der Waals surface area contributed by atoms with E-state index >= 15 is 0 Å². The number of carbonyl (C=O) groups is 1. The Hall–Kier alpha value is -1.32. The minimum absolute atomic E-state index is 0.265. The average molecular weight is 197 g/mol. The fourth-order valence-electron chi connectivity index (χ4n) is 1.36. The Labute approximate surface area is 82.9 Å². The monoisotopic (exact) mass is 197 g/mol. The zero-order valence-electron chi connectivity index (χ0n) is 8.54. The highest BCUT2D eigenvalue weighted by Crippen LogP contribution is 2.16. The summed E-state index contributed by atoms with van der Waals surface area (Å²) < 4.78 is 4.97. The van der Waals surface area contributed by atoms with Crippen LogP contribution in [-0.2, 0) is 12.8 Å². The summed E-state index contributed by atoms with van der Waals surface area (Å²) in [6.07, 6.45) is 3.21.